The fraction of sp³-hybridized carbons (Fsp3) is 0.444. The molecule has 0 spiro atoms. The first kappa shape index (κ1) is 22.6. The highest BCUT2D eigenvalue weighted by atomic mass is 127. The van der Waals surface area contributed by atoms with Crippen LogP contribution in [-0.2, 0) is 6.54 Å². The molecular formula is C18H26FIN4OS. The molecule has 0 fully saturated rings. The van der Waals surface area contributed by atoms with Gasteiger partial charge >= 0.3 is 0 Å². The molecule has 0 aliphatic rings. The van der Waals surface area contributed by atoms with Gasteiger partial charge in [-0.2, -0.15) is 0 Å². The summed E-state index contributed by atoms with van der Waals surface area (Å²) in [4.78, 5) is 9.97. The lowest BCUT2D eigenvalue weighted by atomic mass is 10.3. The molecule has 0 saturated heterocycles. The smallest absolute Gasteiger partial charge is 0.191 e. The molecule has 8 heteroatoms. The van der Waals surface area contributed by atoms with Crippen LogP contribution in [0.15, 0.2) is 29.3 Å². The average Bonchev–Trinajstić information content (AvgIpc) is 2.93. The number of nitrogens with zero attached hydrogens (tertiary/aromatic N) is 2. The lowest BCUT2D eigenvalue weighted by molar-refractivity contribution is 0.306. The monoisotopic (exact) mass is 492 g/mol. The second-order valence-electron chi connectivity index (χ2n) is 5.61. The molecule has 0 saturated carbocycles. The van der Waals surface area contributed by atoms with Crippen LogP contribution in [0.2, 0.25) is 0 Å². The Kier molecular flexibility index (Phi) is 10.5. The van der Waals surface area contributed by atoms with Crippen LogP contribution in [0, 0.1) is 19.7 Å². The van der Waals surface area contributed by atoms with Crippen molar-refractivity contribution in [1.82, 2.24) is 15.6 Å². The number of unbranched alkanes of at least 4 members (excludes halogenated alkanes) is 1. The van der Waals surface area contributed by atoms with Crippen LogP contribution in [0.4, 0.5) is 4.39 Å². The quantitative estimate of drug-likeness (QED) is 0.253. The molecule has 0 aliphatic carbocycles. The number of nitrogens with one attached hydrogen (secondary N) is 2. The number of halogens is 2. The van der Waals surface area contributed by atoms with Gasteiger partial charge in [0.05, 0.1) is 18.8 Å². The highest BCUT2D eigenvalue weighted by Gasteiger charge is 2.04. The third-order valence-electron chi connectivity index (χ3n) is 3.65. The number of rotatable bonds is 8. The van der Waals surface area contributed by atoms with E-state index < -0.39 is 0 Å². The van der Waals surface area contributed by atoms with E-state index in [2.05, 4.69) is 27.5 Å². The molecule has 144 valence electrons. The fourth-order valence-corrected chi connectivity index (χ4v) is 3.02. The maximum absolute atomic E-state index is 12.8. The molecule has 1 aromatic carbocycles. The summed E-state index contributed by atoms with van der Waals surface area (Å²) in [6.45, 7) is 6.19. The normalized spacial score (nSPS) is 11.0. The third kappa shape index (κ3) is 7.86. The maximum atomic E-state index is 12.8. The standard InChI is InChI=1S/C18H25FN4OS.HI/c1-13-14(2)25-17(23-13)12-22-18(20-3)21-10-4-5-11-24-16-8-6-15(19)7-9-16;/h6-9H,4-5,10-12H2,1-3H3,(H2,20,21,22);1H. The van der Waals surface area contributed by atoms with Gasteiger partial charge in [0.15, 0.2) is 5.96 Å². The number of hydrogen-bond donors (Lipinski definition) is 2. The molecular weight excluding hydrogens is 466 g/mol. The first-order valence-corrected chi connectivity index (χ1v) is 9.16. The molecule has 2 rings (SSSR count). The van der Waals surface area contributed by atoms with Crippen LogP contribution in [-0.4, -0.2) is 31.1 Å². The fourth-order valence-electron chi connectivity index (χ4n) is 2.15. The van der Waals surface area contributed by atoms with Crippen LogP contribution >= 0.6 is 35.3 Å². The minimum Gasteiger partial charge on any atom is -0.494 e. The topological polar surface area (TPSA) is 58.5 Å². The molecule has 0 amide bonds. The Morgan fingerprint density at radius 2 is 1.92 bits per heavy atom. The van der Waals surface area contributed by atoms with Gasteiger partial charge in [-0.25, -0.2) is 9.37 Å². The molecule has 0 unspecified atom stereocenters. The second kappa shape index (κ2) is 12.1. The highest BCUT2D eigenvalue weighted by molar-refractivity contribution is 14.0. The number of hydrogen-bond acceptors (Lipinski definition) is 4. The molecule has 1 aromatic heterocycles. The lowest BCUT2D eigenvalue weighted by Crippen LogP contribution is -2.37. The molecule has 1 heterocycles. The number of thiazole rings is 1. The van der Waals surface area contributed by atoms with E-state index >= 15 is 0 Å². The van der Waals surface area contributed by atoms with Crippen molar-refractivity contribution in [2.24, 2.45) is 4.99 Å². The van der Waals surface area contributed by atoms with Gasteiger partial charge in [0.25, 0.3) is 0 Å². The van der Waals surface area contributed by atoms with Crippen molar-refractivity contribution in [2.45, 2.75) is 33.2 Å². The second-order valence-corrected chi connectivity index (χ2v) is 6.90. The van der Waals surface area contributed by atoms with Gasteiger partial charge in [-0.1, -0.05) is 0 Å². The summed E-state index contributed by atoms with van der Waals surface area (Å²) in [7, 11) is 1.76. The van der Waals surface area contributed by atoms with Crippen molar-refractivity contribution >= 4 is 41.3 Å². The molecule has 0 radical (unpaired) electrons. The summed E-state index contributed by atoms with van der Waals surface area (Å²) in [6.07, 6.45) is 1.86. The summed E-state index contributed by atoms with van der Waals surface area (Å²) in [5.41, 5.74) is 1.09. The van der Waals surface area contributed by atoms with E-state index in [1.807, 2.05) is 6.92 Å². The number of benzene rings is 1. The van der Waals surface area contributed by atoms with E-state index in [9.17, 15) is 4.39 Å². The maximum Gasteiger partial charge on any atom is 0.191 e. The van der Waals surface area contributed by atoms with Gasteiger partial charge in [-0.05, 0) is 51.0 Å². The Morgan fingerprint density at radius 3 is 2.54 bits per heavy atom. The van der Waals surface area contributed by atoms with Crippen molar-refractivity contribution in [2.75, 3.05) is 20.2 Å². The summed E-state index contributed by atoms with van der Waals surface area (Å²) >= 11 is 1.70. The van der Waals surface area contributed by atoms with Crippen LogP contribution in [0.3, 0.4) is 0 Å². The highest BCUT2D eigenvalue weighted by Crippen LogP contribution is 2.15. The lowest BCUT2D eigenvalue weighted by Gasteiger charge is -2.11. The number of aryl methyl sites for hydroxylation is 2. The number of guanidine groups is 1. The Balaban J connectivity index is 0.00000338. The summed E-state index contributed by atoms with van der Waals surface area (Å²) in [6, 6.07) is 6.08. The largest absolute Gasteiger partial charge is 0.494 e. The number of aliphatic imine (C=N–C) groups is 1. The summed E-state index contributed by atoms with van der Waals surface area (Å²) in [5, 5.41) is 7.61. The van der Waals surface area contributed by atoms with Crippen molar-refractivity contribution in [3.8, 4) is 5.75 Å². The van der Waals surface area contributed by atoms with E-state index in [1.54, 1.807) is 30.5 Å². The van der Waals surface area contributed by atoms with E-state index in [4.69, 9.17) is 4.74 Å². The Bertz CT molecular complexity index is 671. The predicted molar refractivity (Wildman–Crippen MR) is 116 cm³/mol. The summed E-state index contributed by atoms with van der Waals surface area (Å²) in [5.74, 6) is 1.21. The van der Waals surface area contributed by atoms with Gasteiger partial charge in [-0.15, -0.1) is 35.3 Å². The van der Waals surface area contributed by atoms with Crippen LogP contribution < -0.4 is 15.4 Å². The predicted octanol–water partition coefficient (Wildman–Crippen LogP) is 4.04. The number of aromatic nitrogens is 1. The van der Waals surface area contributed by atoms with E-state index in [0.29, 0.717) is 18.9 Å². The zero-order chi connectivity index (χ0) is 18.1. The zero-order valence-electron chi connectivity index (χ0n) is 15.3. The van der Waals surface area contributed by atoms with E-state index in [0.717, 1.165) is 36.0 Å². The van der Waals surface area contributed by atoms with Crippen LogP contribution in [0.25, 0.3) is 0 Å². The van der Waals surface area contributed by atoms with Gasteiger partial charge in [0, 0.05) is 18.5 Å². The van der Waals surface area contributed by atoms with Crippen LogP contribution in [0.1, 0.15) is 28.4 Å². The number of ether oxygens (including phenoxy) is 1. The Hall–Kier alpha value is -1.42. The van der Waals surface area contributed by atoms with Crippen molar-refractivity contribution in [1.29, 1.82) is 0 Å². The van der Waals surface area contributed by atoms with Gasteiger partial charge < -0.3 is 15.4 Å². The van der Waals surface area contributed by atoms with E-state index in [-0.39, 0.29) is 29.8 Å². The van der Waals surface area contributed by atoms with E-state index in [1.165, 1.54) is 17.0 Å². The minimum absolute atomic E-state index is 0. The summed E-state index contributed by atoms with van der Waals surface area (Å²) < 4.78 is 18.4. The average molecular weight is 492 g/mol. The SMILES string of the molecule is CN=C(NCCCCOc1ccc(F)cc1)NCc1nc(C)c(C)s1.I. The molecule has 0 atom stereocenters. The Labute approximate surface area is 175 Å². The van der Waals surface area contributed by atoms with Crippen molar-refractivity contribution in [3.63, 3.8) is 0 Å². The van der Waals surface area contributed by atoms with Gasteiger partial charge in [-0.3, -0.25) is 4.99 Å². The minimum atomic E-state index is -0.251. The zero-order valence-corrected chi connectivity index (χ0v) is 18.5. The Morgan fingerprint density at radius 1 is 1.19 bits per heavy atom. The van der Waals surface area contributed by atoms with Crippen molar-refractivity contribution < 1.29 is 9.13 Å². The van der Waals surface area contributed by atoms with Crippen molar-refractivity contribution in [3.05, 3.63) is 45.7 Å². The van der Waals surface area contributed by atoms with Crippen LogP contribution in [0.5, 0.6) is 5.75 Å². The van der Waals surface area contributed by atoms with Gasteiger partial charge in [0.2, 0.25) is 0 Å². The molecule has 5 nitrogen and oxygen atoms in total. The van der Waals surface area contributed by atoms with Gasteiger partial charge in [0.1, 0.15) is 16.6 Å². The third-order valence-corrected chi connectivity index (χ3v) is 4.72. The molecule has 2 N–H and O–H groups in total. The first-order valence-electron chi connectivity index (χ1n) is 8.34. The molecule has 0 aliphatic heterocycles. The molecule has 26 heavy (non-hydrogen) atoms. The first-order chi connectivity index (χ1) is 12.1. The molecule has 2 aromatic rings. The molecule has 0 bridgehead atoms.